The molecule has 2 N–H and O–H groups in total. The van der Waals surface area contributed by atoms with Crippen LogP contribution in [-0.2, 0) is 4.79 Å². The second-order valence-corrected chi connectivity index (χ2v) is 2.28. The summed E-state index contributed by atoms with van der Waals surface area (Å²) in [5.74, 6) is 0.0858. The van der Waals surface area contributed by atoms with Crippen LogP contribution in [0.5, 0.6) is 5.75 Å². The van der Waals surface area contributed by atoms with E-state index in [0.29, 0.717) is 12.1 Å². The molecular formula is C8H9NO2. The molecule has 0 aliphatic carbocycles. The molecule has 3 heteroatoms. The lowest BCUT2D eigenvalue weighted by Crippen LogP contribution is -1.93. The number of aromatic hydroxyl groups is 1. The Balaban J connectivity index is 3.01. The molecular weight excluding hydrogens is 142 g/mol. The minimum absolute atomic E-state index is 0.0858. The van der Waals surface area contributed by atoms with Crippen molar-refractivity contribution in [2.45, 2.75) is 6.92 Å². The maximum atomic E-state index is 10.0. The standard InChI is InChI=1S/C8H9NO2/c1-6-2-3-8(11)7(4-6)9-5-10/h2-5,11H,1H3,(H,9,10). The molecule has 1 rings (SSSR count). The Morgan fingerprint density at radius 1 is 1.55 bits per heavy atom. The summed E-state index contributed by atoms with van der Waals surface area (Å²) in [6.45, 7) is 1.88. The number of rotatable bonds is 2. The summed E-state index contributed by atoms with van der Waals surface area (Å²) in [5.41, 5.74) is 1.44. The van der Waals surface area contributed by atoms with E-state index in [0.717, 1.165) is 5.56 Å². The van der Waals surface area contributed by atoms with Crippen molar-refractivity contribution in [3.8, 4) is 5.75 Å². The number of phenolic OH excluding ortho intramolecular Hbond substituents is 1. The first kappa shape index (κ1) is 7.60. The van der Waals surface area contributed by atoms with Crippen LogP contribution in [0.25, 0.3) is 0 Å². The van der Waals surface area contributed by atoms with Crippen molar-refractivity contribution in [2.75, 3.05) is 5.32 Å². The zero-order chi connectivity index (χ0) is 8.27. The topological polar surface area (TPSA) is 49.3 Å². The second-order valence-electron chi connectivity index (χ2n) is 2.28. The highest BCUT2D eigenvalue weighted by molar-refractivity contribution is 5.75. The fraction of sp³-hybridized carbons (Fsp3) is 0.125. The van der Waals surface area contributed by atoms with E-state index in [4.69, 9.17) is 5.11 Å². The molecule has 0 radical (unpaired) electrons. The lowest BCUT2D eigenvalue weighted by molar-refractivity contribution is -0.105. The van der Waals surface area contributed by atoms with Gasteiger partial charge in [-0.2, -0.15) is 0 Å². The van der Waals surface area contributed by atoms with Crippen LogP contribution < -0.4 is 5.32 Å². The Kier molecular flexibility index (Phi) is 2.11. The van der Waals surface area contributed by atoms with Crippen LogP contribution in [0.1, 0.15) is 5.56 Å². The maximum Gasteiger partial charge on any atom is 0.211 e. The monoisotopic (exact) mass is 151 g/mol. The van der Waals surface area contributed by atoms with E-state index in [1.54, 1.807) is 18.2 Å². The summed E-state index contributed by atoms with van der Waals surface area (Å²) < 4.78 is 0. The maximum absolute atomic E-state index is 10.0. The summed E-state index contributed by atoms with van der Waals surface area (Å²) in [4.78, 5) is 10.0. The average Bonchev–Trinajstić information content (AvgIpc) is 1.98. The quantitative estimate of drug-likeness (QED) is 0.494. The normalized spacial score (nSPS) is 9.18. The van der Waals surface area contributed by atoms with Gasteiger partial charge in [0, 0.05) is 0 Å². The highest BCUT2D eigenvalue weighted by Gasteiger charge is 1.97. The van der Waals surface area contributed by atoms with Gasteiger partial charge in [0.25, 0.3) is 0 Å². The van der Waals surface area contributed by atoms with Gasteiger partial charge in [0.2, 0.25) is 6.41 Å². The molecule has 0 aromatic heterocycles. The van der Waals surface area contributed by atoms with Gasteiger partial charge in [0.15, 0.2) is 0 Å². The number of amides is 1. The number of aryl methyl sites for hydroxylation is 1. The predicted octanol–water partition coefficient (Wildman–Crippen LogP) is 1.27. The summed E-state index contributed by atoms with van der Waals surface area (Å²) >= 11 is 0. The van der Waals surface area contributed by atoms with Crippen molar-refractivity contribution >= 4 is 12.1 Å². The molecule has 0 aliphatic heterocycles. The Hall–Kier alpha value is -1.51. The van der Waals surface area contributed by atoms with Crippen molar-refractivity contribution in [1.82, 2.24) is 0 Å². The highest BCUT2D eigenvalue weighted by Crippen LogP contribution is 2.22. The van der Waals surface area contributed by atoms with E-state index in [9.17, 15) is 4.79 Å². The van der Waals surface area contributed by atoms with Crippen LogP contribution in [0, 0.1) is 6.92 Å². The first-order valence-corrected chi connectivity index (χ1v) is 3.24. The molecule has 0 heterocycles. The van der Waals surface area contributed by atoms with E-state index in [1.165, 1.54) is 0 Å². The number of hydrogen-bond acceptors (Lipinski definition) is 2. The third kappa shape index (κ3) is 1.70. The molecule has 1 amide bonds. The van der Waals surface area contributed by atoms with Gasteiger partial charge in [0.05, 0.1) is 5.69 Å². The van der Waals surface area contributed by atoms with Crippen molar-refractivity contribution in [2.24, 2.45) is 0 Å². The van der Waals surface area contributed by atoms with E-state index >= 15 is 0 Å². The Bertz CT molecular complexity index is 271. The molecule has 1 aromatic carbocycles. The molecule has 0 atom stereocenters. The van der Waals surface area contributed by atoms with Crippen LogP contribution in [0.2, 0.25) is 0 Å². The molecule has 0 spiro atoms. The number of carbonyl (C=O) groups excluding carboxylic acids is 1. The molecule has 11 heavy (non-hydrogen) atoms. The number of hydrogen-bond donors (Lipinski definition) is 2. The molecule has 0 saturated heterocycles. The molecule has 0 fully saturated rings. The zero-order valence-corrected chi connectivity index (χ0v) is 6.16. The number of nitrogens with one attached hydrogen (secondary N) is 1. The Morgan fingerprint density at radius 3 is 2.91 bits per heavy atom. The average molecular weight is 151 g/mol. The van der Waals surface area contributed by atoms with Crippen molar-refractivity contribution in [3.05, 3.63) is 23.8 Å². The van der Waals surface area contributed by atoms with Crippen LogP contribution in [0.3, 0.4) is 0 Å². The lowest BCUT2D eigenvalue weighted by atomic mass is 10.2. The smallest absolute Gasteiger partial charge is 0.211 e. The van der Waals surface area contributed by atoms with Crippen molar-refractivity contribution in [3.63, 3.8) is 0 Å². The van der Waals surface area contributed by atoms with Gasteiger partial charge in [0.1, 0.15) is 5.75 Å². The first-order valence-electron chi connectivity index (χ1n) is 3.24. The van der Waals surface area contributed by atoms with Crippen LogP contribution >= 0.6 is 0 Å². The minimum Gasteiger partial charge on any atom is -0.506 e. The van der Waals surface area contributed by atoms with Crippen LogP contribution in [0.15, 0.2) is 18.2 Å². The summed E-state index contributed by atoms with van der Waals surface area (Å²) in [7, 11) is 0. The Labute approximate surface area is 64.7 Å². The summed E-state index contributed by atoms with van der Waals surface area (Å²) in [6.07, 6.45) is 0.536. The number of benzene rings is 1. The molecule has 0 aliphatic rings. The number of carbonyl (C=O) groups is 1. The molecule has 0 unspecified atom stereocenters. The third-order valence-electron chi connectivity index (χ3n) is 1.37. The zero-order valence-electron chi connectivity index (χ0n) is 6.16. The van der Waals surface area contributed by atoms with E-state index in [1.807, 2.05) is 6.92 Å². The van der Waals surface area contributed by atoms with E-state index < -0.39 is 0 Å². The van der Waals surface area contributed by atoms with Gasteiger partial charge in [-0.1, -0.05) is 6.07 Å². The number of anilines is 1. The largest absolute Gasteiger partial charge is 0.506 e. The van der Waals surface area contributed by atoms with Gasteiger partial charge in [-0.25, -0.2) is 0 Å². The summed E-state index contributed by atoms with van der Waals surface area (Å²) in [6, 6.07) is 5.01. The van der Waals surface area contributed by atoms with E-state index in [2.05, 4.69) is 5.32 Å². The molecule has 0 bridgehead atoms. The van der Waals surface area contributed by atoms with Crippen LogP contribution in [-0.4, -0.2) is 11.5 Å². The molecule has 0 saturated carbocycles. The molecule has 3 nitrogen and oxygen atoms in total. The van der Waals surface area contributed by atoms with Gasteiger partial charge in [-0.05, 0) is 24.6 Å². The fourth-order valence-corrected chi connectivity index (χ4v) is 0.829. The predicted molar refractivity (Wildman–Crippen MR) is 42.5 cm³/mol. The number of phenols is 1. The van der Waals surface area contributed by atoms with Crippen molar-refractivity contribution in [1.29, 1.82) is 0 Å². The first-order chi connectivity index (χ1) is 5.24. The van der Waals surface area contributed by atoms with Crippen LogP contribution in [0.4, 0.5) is 5.69 Å². The fourth-order valence-electron chi connectivity index (χ4n) is 0.829. The van der Waals surface area contributed by atoms with Gasteiger partial charge in [-0.3, -0.25) is 4.79 Å². The van der Waals surface area contributed by atoms with Gasteiger partial charge >= 0.3 is 0 Å². The third-order valence-corrected chi connectivity index (χ3v) is 1.37. The van der Waals surface area contributed by atoms with Gasteiger partial charge in [-0.15, -0.1) is 0 Å². The minimum atomic E-state index is 0.0858. The van der Waals surface area contributed by atoms with Gasteiger partial charge < -0.3 is 10.4 Å². The summed E-state index contributed by atoms with van der Waals surface area (Å²) in [5, 5.41) is 11.5. The SMILES string of the molecule is Cc1ccc(O)c(NC=O)c1. The second kappa shape index (κ2) is 3.05. The lowest BCUT2D eigenvalue weighted by Gasteiger charge is -2.02. The highest BCUT2D eigenvalue weighted by atomic mass is 16.3. The molecule has 58 valence electrons. The Morgan fingerprint density at radius 2 is 2.27 bits per heavy atom. The van der Waals surface area contributed by atoms with E-state index in [-0.39, 0.29) is 5.75 Å². The molecule has 1 aromatic rings. The van der Waals surface area contributed by atoms with Crippen molar-refractivity contribution < 1.29 is 9.90 Å².